The lowest BCUT2D eigenvalue weighted by Gasteiger charge is -2.38. The standard InChI is InChI=1S/C17H24FNO3/c1-17(2,3)22-16(21)19-9-8-15(13(10-19)11-20)12-4-6-14(18)7-5-12/h4-7,13,15,20H,8-11H2,1-3H3/t13-,15-/m0/s1. The Bertz CT molecular complexity index is 510. The van der Waals surface area contributed by atoms with Crippen molar-refractivity contribution >= 4 is 6.09 Å². The Kier molecular flexibility index (Phi) is 5.06. The van der Waals surface area contributed by atoms with E-state index in [1.54, 1.807) is 17.0 Å². The maximum absolute atomic E-state index is 13.0. The first-order valence-corrected chi connectivity index (χ1v) is 7.64. The van der Waals surface area contributed by atoms with Crippen LogP contribution in [0.1, 0.15) is 38.7 Å². The number of aliphatic hydroxyl groups is 1. The second-order valence-corrected chi connectivity index (χ2v) is 6.82. The van der Waals surface area contributed by atoms with Gasteiger partial charge in [0.2, 0.25) is 0 Å². The monoisotopic (exact) mass is 309 g/mol. The molecule has 1 fully saturated rings. The Morgan fingerprint density at radius 3 is 2.55 bits per heavy atom. The van der Waals surface area contributed by atoms with E-state index in [1.165, 1.54) is 12.1 Å². The number of piperidine rings is 1. The molecule has 4 nitrogen and oxygen atoms in total. The summed E-state index contributed by atoms with van der Waals surface area (Å²) >= 11 is 0. The highest BCUT2D eigenvalue weighted by molar-refractivity contribution is 5.68. The molecule has 0 aromatic heterocycles. The number of benzene rings is 1. The molecule has 0 saturated carbocycles. The van der Waals surface area contributed by atoms with Gasteiger partial charge >= 0.3 is 6.09 Å². The molecule has 1 aromatic carbocycles. The van der Waals surface area contributed by atoms with Gasteiger partial charge in [0.25, 0.3) is 0 Å². The topological polar surface area (TPSA) is 49.8 Å². The zero-order valence-corrected chi connectivity index (χ0v) is 13.4. The fraction of sp³-hybridized carbons (Fsp3) is 0.588. The molecular formula is C17H24FNO3. The summed E-state index contributed by atoms with van der Waals surface area (Å²) in [6.07, 6.45) is 0.388. The van der Waals surface area contributed by atoms with E-state index in [0.717, 1.165) is 12.0 Å². The fourth-order valence-electron chi connectivity index (χ4n) is 2.86. The predicted octanol–water partition coefficient (Wildman–Crippen LogP) is 3.16. The van der Waals surface area contributed by atoms with Gasteiger partial charge in [-0.2, -0.15) is 0 Å². The Balaban J connectivity index is 2.05. The maximum atomic E-state index is 13.0. The molecule has 122 valence electrons. The second kappa shape index (κ2) is 6.65. The number of likely N-dealkylation sites (tertiary alicyclic amines) is 1. The minimum Gasteiger partial charge on any atom is -0.444 e. The van der Waals surface area contributed by atoms with Crippen LogP contribution in [0.5, 0.6) is 0 Å². The number of hydrogen-bond acceptors (Lipinski definition) is 3. The predicted molar refractivity (Wildman–Crippen MR) is 82.1 cm³/mol. The Morgan fingerprint density at radius 2 is 2.00 bits per heavy atom. The van der Waals surface area contributed by atoms with Gasteiger partial charge in [-0.25, -0.2) is 9.18 Å². The molecule has 2 atom stereocenters. The lowest BCUT2D eigenvalue weighted by molar-refractivity contribution is 0.0102. The molecule has 1 aromatic rings. The van der Waals surface area contributed by atoms with Crippen molar-refractivity contribution in [3.05, 3.63) is 35.6 Å². The zero-order chi connectivity index (χ0) is 16.3. The molecule has 0 bridgehead atoms. The van der Waals surface area contributed by atoms with Crippen LogP contribution in [-0.2, 0) is 4.74 Å². The number of carbonyl (C=O) groups is 1. The van der Waals surface area contributed by atoms with Crippen LogP contribution in [0, 0.1) is 11.7 Å². The number of hydrogen-bond donors (Lipinski definition) is 1. The van der Waals surface area contributed by atoms with Crippen LogP contribution < -0.4 is 0 Å². The molecule has 1 amide bonds. The van der Waals surface area contributed by atoms with Crippen LogP contribution >= 0.6 is 0 Å². The van der Waals surface area contributed by atoms with E-state index >= 15 is 0 Å². The molecule has 0 unspecified atom stereocenters. The van der Waals surface area contributed by atoms with Gasteiger partial charge in [-0.15, -0.1) is 0 Å². The third-order valence-corrected chi connectivity index (χ3v) is 3.92. The Hall–Kier alpha value is -1.62. The van der Waals surface area contributed by atoms with Crippen molar-refractivity contribution in [3.8, 4) is 0 Å². The quantitative estimate of drug-likeness (QED) is 0.913. The van der Waals surface area contributed by atoms with E-state index in [9.17, 15) is 14.3 Å². The summed E-state index contributed by atoms with van der Waals surface area (Å²) in [4.78, 5) is 13.8. The van der Waals surface area contributed by atoms with Crippen LogP contribution in [0.4, 0.5) is 9.18 Å². The minimum atomic E-state index is -0.528. The highest BCUT2D eigenvalue weighted by Gasteiger charge is 2.33. The lowest BCUT2D eigenvalue weighted by Crippen LogP contribution is -2.46. The lowest BCUT2D eigenvalue weighted by atomic mass is 9.81. The van der Waals surface area contributed by atoms with E-state index in [-0.39, 0.29) is 30.4 Å². The van der Waals surface area contributed by atoms with Gasteiger partial charge in [0.1, 0.15) is 11.4 Å². The SMILES string of the molecule is CC(C)(C)OC(=O)N1CC[C@@H](c2ccc(F)cc2)[C@H](CO)C1. The second-order valence-electron chi connectivity index (χ2n) is 6.82. The number of rotatable bonds is 2. The Labute approximate surface area is 130 Å². The molecule has 5 heteroatoms. The largest absolute Gasteiger partial charge is 0.444 e. The molecule has 0 radical (unpaired) electrons. The van der Waals surface area contributed by atoms with Crippen molar-refractivity contribution < 1.29 is 19.0 Å². The first-order chi connectivity index (χ1) is 10.3. The minimum absolute atomic E-state index is 0.0126. The van der Waals surface area contributed by atoms with Crippen molar-refractivity contribution in [1.29, 1.82) is 0 Å². The summed E-state index contributed by atoms with van der Waals surface area (Å²) in [5, 5.41) is 9.66. The maximum Gasteiger partial charge on any atom is 0.410 e. The molecular weight excluding hydrogens is 285 g/mol. The van der Waals surface area contributed by atoms with Crippen LogP contribution in [0.2, 0.25) is 0 Å². The molecule has 0 aliphatic carbocycles. The summed E-state index contributed by atoms with van der Waals surface area (Å²) in [5.74, 6) is -0.202. The Morgan fingerprint density at radius 1 is 1.36 bits per heavy atom. The van der Waals surface area contributed by atoms with E-state index in [1.807, 2.05) is 20.8 Å². The summed E-state index contributed by atoms with van der Waals surface area (Å²) in [6.45, 7) is 6.52. The number of ether oxygens (including phenoxy) is 1. The fourth-order valence-corrected chi connectivity index (χ4v) is 2.86. The van der Waals surface area contributed by atoms with Crippen LogP contribution in [0.3, 0.4) is 0 Å². The van der Waals surface area contributed by atoms with Gasteiger partial charge in [-0.05, 0) is 50.8 Å². The molecule has 22 heavy (non-hydrogen) atoms. The van der Waals surface area contributed by atoms with E-state index in [2.05, 4.69) is 0 Å². The third kappa shape index (κ3) is 4.19. The summed E-state index contributed by atoms with van der Waals surface area (Å²) in [6, 6.07) is 6.38. The van der Waals surface area contributed by atoms with Gasteiger partial charge in [-0.3, -0.25) is 0 Å². The van der Waals surface area contributed by atoms with Crippen molar-refractivity contribution in [3.63, 3.8) is 0 Å². The van der Waals surface area contributed by atoms with E-state index in [4.69, 9.17) is 4.74 Å². The first-order valence-electron chi connectivity index (χ1n) is 7.64. The van der Waals surface area contributed by atoms with E-state index in [0.29, 0.717) is 13.1 Å². The van der Waals surface area contributed by atoms with Crippen molar-refractivity contribution in [1.82, 2.24) is 4.90 Å². The van der Waals surface area contributed by atoms with Gasteiger partial charge in [0.05, 0.1) is 0 Å². The number of amides is 1. The normalized spacial score (nSPS) is 22.5. The van der Waals surface area contributed by atoms with Crippen molar-refractivity contribution in [2.75, 3.05) is 19.7 Å². The van der Waals surface area contributed by atoms with Gasteiger partial charge < -0.3 is 14.7 Å². The van der Waals surface area contributed by atoms with Crippen molar-refractivity contribution in [2.45, 2.75) is 38.7 Å². The average molecular weight is 309 g/mol. The average Bonchev–Trinajstić information content (AvgIpc) is 2.45. The number of carbonyl (C=O) groups excluding carboxylic acids is 1. The molecule has 1 saturated heterocycles. The molecule has 1 aliphatic heterocycles. The summed E-state index contributed by atoms with van der Waals surface area (Å²) in [5.41, 5.74) is 0.476. The van der Waals surface area contributed by atoms with E-state index < -0.39 is 5.60 Å². The van der Waals surface area contributed by atoms with Crippen LogP contribution in [-0.4, -0.2) is 41.4 Å². The van der Waals surface area contributed by atoms with Gasteiger partial charge in [-0.1, -0.05) is 12.1 Å². The summed E-state index contributed by atoms with van der Waals surface area (Å²) < 4.78 is 18.4. The molecule has 1 heterocycles. The highest BCUT2D eigenvalue weighted by atomic mass is 19.1. The van der Waals surface area contributed by atoms with Crippen LogP contribution in [0.15, 0.2) is 24.3 Å². The molecule has 2 rings (SSSR count). The number of halogens is 1. The van der Waals surface area contributed by atoms with Crippen molar-refractivity contribution in [2.24, 2.45) is 5.92 Å². The third-order valence-electron chi connectivity index (χ3n) is 3.92. The summed E-state index contributed by atoms with van der Waals surface area (Å²) in [7, 11) is 0. The zero-order valence-electron chi connectivity index (χ0n) is 13.4. The first kappa shape index (κ1) is 16.7. The molecule has 0 spiro atoms. The highest BCUT2D eigenvalue weighted by Crippen LogP contribution is 2.33. The van der Waals surface area contributed by atoms with Gasteiger partial charge in [0.15, 0.2) is 0 Å². The molecule has 1 N–H and O–H groups in total. The van der Waals surface area contributed by atoms with Crippen LogP contribution in [0.25, 0.3) is 0 Å². The number of aliphatic hydroxyl groups excluding tert-OH is 1. The smallest absolute Gasteiger partial charge is 0.410 e. The number of nitrogens with zero attached hydrogens (tertiary/aromatic N) is 1. The van der Waals surface area contributed by atoms with Gasteiger partial charge in [0, 0.05) is 25.6 Å². The molecule has 1 aliphatic rings.